The zero-order valence-corrected chi connectivity index (χ0v) is 20.5. The first-order valence-corrected chi connectivity index (χ1v) is 12.2. The van der Waals surface area contributed by atoms with Crippen LogP contribution in [-0.4, -0.2) is 40.0 Å². The summed E-state index contributed by atoms with van der Waals surface area (Å²) in [5.41, 5.74) is 4.75. The minimum absolute atomic E-state index is 0.200. The lowest BCUT2D eigenvalue weighted by molar-refractivity contribution is 0.101. The van der Waals surface area contributed by atoms with Crippen LogP contribution >= 0.6 is 0 Å². The number of aryl methyl sites for hydroxylation is 1. The van der Waals surface area contributed by atoms with Gasteiger partial charge in [-0.2, -0.15) is 5.10 Å². The number of nitrogens with zero attached hydrogens (tertiary/aromatic N) is 3. The van der Waals surface area contributed by atoms with Crippen LogP contribution in [0.4, 0.5) is 38.5 Å². The van der Waals surface area contributed by atoms with E-state index in [-0.39, 0.29) is 17.8 Å². The molecule has 8 nitrogen and oxygen atoms in total. The molecule has 1 saturated heterocycles. The predicted molar refractivity (Wildman–Crippen MR) is 144 cm³/mol. The molecule has 0 spiro atoms. The largest absolute Gasteiger partial charge is 0.393 e. The molecule has 2 heterocycles. The van der Waals surface area contributed by atoms with Gasteiger partial charge < -0.3 is 26.0 Å². The topological polar surface area (TPSA) is 94.5 Å². The maximum atomic E-state index is 14.8. The Bertz CT molecular complexity index is 1360. The number of rotatable bonds is 7. The number of piperidine rings is 1. The van der Waals surface area contributed by atoms with Crippen LogP contribution in [-0.2, 0) is 7.05 Å². The van der Waals surface area contributed by atoms with E-state index in [9.17, 15) is 14.3 Å². The Labute approximate surface area is 214 Å². The molecule has 1 aliphatic rings. The maximum Gasteiger partial charge on any atom is 0.273 e. The van der Waals surface area contributed by atoms with Crippen molar-refractivity contribution in [2.45, 2.75) is 18.9 Å². The average molecular weight is 501 g/mol. The summed E-state index contributed by atoms with van der Waals surface area (Å²) >= 11 is 0. The first-order chi connectivity index (χ1) is 17.9. The first kappa shape index (κ1) is 24.3. The van der Waals surface area contributed by atoms with Gasteiger partial charge in [-0.3, -0.25) is 9.48 Å². The van der Waals surface area contributed by atoms with Crippen molar-refractivity contribution in [3.63, 3.8) is 0 Å². The number of aliphatic hydroxyl groups is 1. The second-order valence-corrected chi connectivity index (χ2v) is 9.08. The third kappa shape index (κ3) is 5.90. The molecule has 4 aromatic rings. The van der Waals surface area contributed by atoms with Crippen molar-refractivity contribution < 1.29 is 14.3 Å². The van der Waals surface area contributed by atoms with Crippen molar-refractivity contribution in [1.29, 1.82) is 0 Å². The van der Waals surface area contributed by atoms with Crippen LogP contribution < -0.4 is 20.9 Å². The molecule has 190 valence electrons. The van der Waals surface area contributed by atoms with Gasteiger partial charge in [0.25, 0.3) is 5.91 Å². The molecule has 9 heteroatoms. The third-order valence-electron chi connectivity index (χ3n) is 6.43. The molecule has 3 aromatic carbocycles. The first-order valence-electron chi connectivity index (χ1n) is 12.2. The fraction of sp³-hybridized carbons (Fsp3) is 0.214. The number of nitrogens with one attached hydrogen (secondary N) is 3. The van der Waals surface area contributed by atoms with Gasteiger partial charge in [0, 0.05) is 54.8 Å². The molecule has 0 saturated carbocycles. The highest BCUT2D eigenvalue weighted by molar-refractivity contribution is 6.03. The predicted octanol–water partition coefficient (Wildman–Crippen LogP) is 5.26. The SMILES string of the molecule is Cn1nccc1C(=O)Nc1ccc(Nc2ccc(Nc3ccc(N4CCC(O)CC4)cc3)cc2F)cc1. The van der Waals surface area contributed by atoms with Crippen molar-refractivity contribution in [3.8, 4) is 0 Å². The molecule has 1 amide bonds. The summed E-state index contributed by atoms with van der Waals surface area (Å²) in [6.07, 6.45) is 2.93. The second kappa shape index (κ2) is 10.7. The van der Waals surface area contributed by atoms with Crippen LogP contribution in [0.3, 0.4) is 0 Å². The Kier molecular flexibility index (Phi) is 7.04. The molecule has 0 aliphatic carbocycles. The summed E-state index contributed by atoms with van der Waals surface area (Å²) in [7, 11) is 1.71. The summed E-state index contributed by atoms with van der Waals surface area (Å²) < 4.78 is 16.3. The minimum atomic E-state index is -0.387. The lowest BCUT2D eigenvalue weighted by Crippen LogP contribution is -2.35. The van der Waals surface area contributed by atoms with Crippen LogP contribution in [0, 0.1) is 5.82 Å². The molecule has 1 aliphatic heterocycles. The fourth-order valence-corrected chi connectivity index (χ4v) is 4.32. The number of aliphatic hydroxyl groups excluding tert-OH is 1. The van der Waals surface area contributed by atoms with Crippen LogP contribution in [0.2, 0.25) is 0 Å². The van der Waals surface area contributed by atoms with E-state index >= 15 is 0 Å². The molecule has 0 atom stereocenters. The number of carbonyl (C=O) groups excluding carboxylic acids is 1. The maximum absolute atomic E-state index is 14.8. The van der Waals surface area contributed by atoms with E-state index in [2.05, 4.69) is 25.9 Å². The Hall–Kier alpha value is -4.37. The number of aromatic nitrogens is 2. The lowest BCUT2D eigenvalue weighted by Gasteiger charge is -2.31. The van der Waals surface area contributed by atoms with E-state index in [0.717, 1.165) is 37.3 Å². The Morgan fingerprint density at radius 2 is 1.51 bits per heavy atom. The Balaban J connectivity index is 1.18. The van der Waals surface area contributed by atoms with E-state index in [4.69, 9.17) is 0 Å². The Morgan fingerprint density at radius 1 is 0.892 bits per heavy atom. The number of benzene rings is 3. The number of anilines is 6. The second-order valence-electron chi connectivity index (χ2n) is 9.08. The van der Waals surface area contributed by atoms with Crippen molar-refractivity contribution in [2.24, 2.45) is 7.05 Å². The molecule has 1 fully saturated rings. The van der Waals surface area contributed by atoms with Gasteiger partial charge in [0.15, 0.2) is 0 Å². The lowest BCUT2D eigenvalue weighted by atomic mass is 10.1. The van der Waals surface area contributed by atoms with Crippen molar-refractivity contribution in [1.82, 2.24) is 9.78 Å². The molecule has 0 bridgehead atoms. The summed E-state index contributed by atoms with van der Waals surface area (Å²) in [5.74, 6) is -0.641. The number of halogens is 1. The molecule has 0 unspecified atom stereocenters. The zero-order valence-electron chi connectivity index (χ0n) is 20.5. The number of hydrogen-bond donors (Lipinski definition) is 4. The van der Waals surface area contributed by atoms with Crippen LogP contribution in [0.15, 0.2) is 79.0 Å². The van der Waals surface area contributed by atoms with E-state index in [0.29, 0.717) is 28.4 Å². The van der Waals surface area contributed by atoms with E-state index in [1.54, 1.807) is 49.6 Å². The van der Waals surface area contributed by atoms with E-state index in [1.165, 1.54) is 10.7 Å². The van der Waals surface area contributed by atoms with Crippen LogP contribution in [0.25, 0.3) is 0 Å². The molecule has 1 aromatic heterocycles. The molecule has 5 rings (SSSR count). The van der Waals surface area contributed by atoms with Gasteiger partial charge >= 0.3 is 0 Å². The summed E-state index contributed by atoms with van der Waals surface area (Å²) in [5, 5.41) is 22.8. The number of carbonyl (C=O) groups is 1. The average Bonchev–Trinajstić information content (AvgIpc) is 3.34. The van der Waals surface area contributed by atoms with Crippen LogP contribution in [0.5, 0.6) is 0 Å². The Morgan fingerprint density at radius 3 is 2.16 bits per heavy atom. The molecule has 37 heavy (non-hydrogen) atoms. The monoisotopic (exact) mass is 500 g/mol. The van der Waals surface area contributed by atoms with Crippen molar-refractivity contribution >= 4 is 40.0 Å². The summed E-state index contributed by atoms with van der Waals surface area (Å²) in [4.78, 5) is 14.6. The summed E-state index contributed by atoms with van der Waals surface area (Å²) in [6, 6.07) is 21.7. The van der Waals surface area contributed by atoms with Gasteiger partial charge in [-0.25, -0.2) is 4.39 Å². The fourth-order valence-electron chi connectivity index (χ4n) is 4.32. The van der Waals surface area contributed by atoms with Gasteiger partial charge in [0.1, 0.15) is 11.5 Å². The zero-order chi connectivity index (χ0) is 25.8. The van der Waals surface area contributed by atoms with Gasteiger partial charge in [0.2, 0.25) is 0 Å². The molecule has 0 radical (unpaired) electrons. The van der Waals surface area contributed by atoms with Crippen molar-refractivity contribution in [2.75, 3.05) is 33.9 Å². The van der Waals surface area contributed by atoms with E-state index in [1.807, 2.05) is 30.3 Å². The summed E-state index contributed by atoms with van der Waals surface area (Å²) in [6.45, 7) is 1.69. The number of amides is 1. The highest BCUT2D eigenvalue weighted by Crippen LogP contribution is 2.27. The normalized spacial score (nSPS) is 13.9. The third-order valence-corrected chi connectivity index (χ3v) is 6.43. The smallest absolute Gasteiger partial charge is 0.273 e. The minimum Gasteiger partial charge on any atom is -0.393 e. The van der Waals surface area contributed by atoms with Gasteiger partial charge in [-0.15, -0.1) is 0 Å². The van der Waals surface area contributed by atoms with Crippen LogP contribution in [0.1, 0.15) is 23.3 Å². The molecular formula is C28H29FN6O2. The standard InChI is InChI=1S/C28H29FN6O2/c1-34-27(12-15-30-34)28(37)33-21-4-2-20(3-5-21)32-26-11-8-22(18-25(26)29)31-19-6-9-23(10-7-19)35-16-13-24(36)14-17-35/h2-12,15,18,24,31-32,36H,13-14,16-17H2,1H3,(H,33,37). The van der Waals surface area contributed by atoms with Gasteiger partial charge in [-0.05, 0) is 85.6 Å². The molecular weight excluding hydrogens is 471 g/mol. The van der Waals surface area contributed by atoms with Gasteiger partial charge in [0.05, 0.1) is 11.8 Å². The van der Waals surface area contributed by atoms with Crippen molar-refractivity contribution in [3.05, 3.63) is 90.5 Å². The highest BCUT2D eigenvalue weighted by atomic mass is 19.1. The molecule has 4 N–H and O–H groups in total. The highest BCUT2D eigenvalue weighted by Gasteiger charge is 2.17. The number of hydrogen-bond acceptors (Lipinski definition) is 6. The van der Waals surface area contributed by atoms with Gasteiger partial charge in [-0.1, -0.05) is 0 Å². The van der Waals surface area contributed by atoms with E-state index < -0.39 is 0 Å². The quantitative estimate of drug-likeness (QED) is 0.277.